The second kappa shape index (κ2) is 14.4. The van der Waals surface area contributed by atoms with Crippen LogP contribution in [0.3, 0.4) is 0 Å². The summed E-state index contributed by atoms with van der Waals surface area (Å²) in [4.78, 5) is 36.3. The van der Waals surface area contributed by atoms with E-state index in [-0.39, 0.29) is 28.7 Å². The summed E-state index contributed by atoms with van der Waals surface area (Å²) in [6, 6.07) is 7.92. The molecule has 2 N–H and O–H groups in total. The first-order valence-corrected chi connectivity index (χ1v) is 15.3. The van der Waals surface area contributed by atoms with E-state index in [0.717, 1.165) is 38.7 Å². The highest BCUT2D eigenvalue weighted by atomic mass is 19.4. The largest absolute Gasteiger partial charge is 0.434 e. The highest BCUT2D eigenvalue weighted by molar-refractivity contribution is 6.07. The Morgan fingerprint density at radius 3 is 2.60 bits per heavy atom. The molecule has 47 heavy (non-hydrogen) atoms. The van der Waals surface area contributed by atoms with Crippen LogP contribution < -0.4 is 15.5 Å². The molecule has 13 nitrogen and oxygen atoms in total. The van der Waals surface area contributed by atoms with Crippen LogP contribution >= 0.6 is 0 Å². The number of benzene rings is 1. The van der Waals surface area contributed by atoms with E-state index in [9.17, 15) is 28.0 Å². The number of halogens is 3. The van der Waals surface area contributed by atoms with Crippen molar-refractivity contribution >= 4 is 23.2 Å². The summed E-state index contributed by atoms with van der Waals surface area (Å²) in [6.07, 6.45) is -2.72. The van der Waals surface area contributed by atoms with Crippen molar-refractivity contribution < 1.29 is 27.5 Å². The molecule has 0 radical (unpaired) electrons. The molecule has 2 aromatic heterocycles. The molecule has 1 atom stereocenters. The average Bonchev–Trinajstić information content (AvgIpc) is 3.55. The number of aryl methyl sites for hydroxylation is 1. The quantitative estimate of drug-likeness (QED) is 0.331. The van der Waals surface area contributed by atoms with E-state index in [2.05, 4.69) is 42.7 Å². The van der Waals surface area contributed by atoms with Crippen LogP contribution in [0.2, 0.25) is 0 Å². The molecular weight excluding hydrogens is 617 g/mol. The minimum Gasteiger partial charge on any atom is -0.379 e. The molecule has 2 saturated heterocycles. The van der Waals surface area contributed by atoms with Crippen molar-refractivity contribution in [3.8, 4) is 11.8 Å². The minimum atomic E-state index is -4.93. The predicted molar refractivity (Wildman–Crippen MR) is 167 cm³/mol. The lowest BCUT2D eigenvalue weighted by Gasteiger charge is -2.39. The van der Waals surface area contributed by atoms with E-state index >= 15 is 0 Å². The van der Waals surface area contributed by atoms with Crippen LogP contribution in [0.15, 0.2) is 30.5 Å². The fourth-order valence-corrected chi connectivity index (χ4v) is 5.52. The van der Waals surface area contributed by atoms with Gasteiger partial charge in [0.2, 0.25) is 0 Å². The van der Waals surface area contributed by atoms with Gasteiger partial charge in [-0.3, -0.25) is 14.5 Å². The van der Waals surface area contributed by atoms with Gasteiger partial charge in [0.1, 0.15) is 6.07 Å². The third-order valence-corrected chi connectivity index (χ3v) is 8.41. The SMILES string of the molecule is Cc1nc(C(F)(F)F)c(C(=O)Nc2cc(-n3cc(C(=O)NCCCN4CCOCC4)nn3)ccc2N2CCN(C)[C@@H](C)C2)cc1C#N. The summed E-state index contributed by atoms with van der Waals surface area (Å²) >= 11 is 0. The number of piperazine rings is 1. The van der Waals surface area contributed by atoms with Crippen LogP contribution in [0.4, 0.5) is 24.5 Å². The lowest BCUT2D eigenvalue weighted by atomic mass is 10.1. The molecule has 2 fully saturated rings. The number of pyridine rings is 1. The molecule has 16 heteroatoms. The number of nitrogens with one attached hydrogen (secondary N) is 2. The van der Waals surface area contributed by atoms with Gasteiger partial charge in [-0.1, -0.05) is 5.21 Å². The van der Waals surface area contributed by atoms with Gasteiger partial charge in [-0.05, 0) is 58.1 Å². The van der Waals surface area contributed by atoms with Gasteiger partial charge < -0.3 is 25.2 Å². The maximum atomic E-state index is 14.0. The topological polar surface area (TPSA) is 145 Å². The van der Waals surface area contributed by atoms with Gasteiger partial charge in [-0.2, -0.15) is 18.4 Å². The summed E-state index contributed by atoms with van der Waals surface area (Å²) in [5.41, 5.74) is -1.10. The number of alkyl halides is 3. The van der Waals surface area contributed by atoms with Crippen LogP contribution in [0.5, 0.6) is 0 Å². The molecule has 0 saturated carbocycles. The number of carbonyl (C=O) groups excluding carboxylic acids is 2. The first kappa shape index (κ1) is 33.8. The van der Waals surface area contributed by atoms with Gasteiger partial charge >= 0.3 is 6.18 Å². The number of amides is 2. The number of ether oxygens (including phenoxy) is 1. The van der Waals surface area contributed by atoms with Crippen molar-refractivity contribution in [3.63, 3.8) is 0 Å². The van der Waals surface area contributed by atoms with Crippen LogP contribution in [-0.4, -0.2) is 114 Å². The molecule has 0 unspecified atom stereocenters. The smallest absolute Gasteiger partial charge is 0.379 e. The van der Waals surface area contributed by atoms with E-state index in [0.29, 0.717) is 44.2 Å². The van der Waals surface area contributed by atoms with E-state index in [1.165, 1.54) is 17.8 Å². The Labute approximate surface area is 270 Å². The van der Waals surface area contributed by atoms with Crippen LogP contribution in [0.1, 0.15) is 51.1 Å². The second-order valence-corrected chi connectivity index (χ2v) is 11.7. The minimum absolute atomic E-state index is 0.0866. The standard InChI is InChI=1S/C31H37F3N10O3/c1-20-18-43(10-9-41(20)3)27-6-5-23(44-19-26(39-40-44)30(46)36-7-4-8-42-11-13-47-14-12-42)16-25(27)38-29(45)24-15-22(17-35)21(2)37-28(24)31(32,33)34/h5-6,15-16,19-20H,4,7-14,18H2,1-3H3,(H,36,46)(H,38,45)/t20-/m0/s1. The Bertz CT molecular complexity index is 1650. The normalized spacial score (nSPS) is 17.7. The number of nitrogens with zero attached hydrogens (tertiary/aromatic N) is 8. The highest BCUT2D eigenvalue weighted by Crippen LogP contribution is 2.34. The van der Waals surface area contributed by atoms with E-state index in [1.54, 1.807) is 24.3 Å². The van der Waals surface area contributed by atoms with Crippen LogP contribution in [0, 0.1) is 18.3 Å². The summed E-state index contributed by atoms with van der Waals surface area (Å²) in [7, 11) is 2.01. The van der Waals surface area contributed by atoms with Gasteiger partial charge in [0.15, 0.2) is 11.4 Å². The number of carbonyl (C=O) groups is 2. The summed E-state index contributed by atoms with van der Waals surface area (Å²) in [6.45, 7) is 9.72. The average molecular weight is 655 g/mol. The number of morpholine rings is 1. The lowest BCUT2D eigenvalue weighted by Crippen LogP contribution is -2.50. The zero-order valence-corrected chi connectivity index (χ0v) is 26.5. The molecule has 4 heterocycles. The van der Waals surface area contributed by atoms with Crippen molar-refractivity contribution in [2.75, 3.05) is 76.3 Å². The van der Waals surface area contributed by atoms with E-state index in [4.69, 9.17) is 4.74 Å². The predicted octanol–water partition coefficient (Wildman–Crippen LogP) is 2.71. The highest BCUT2D eigenvalue weighted by Gasteiger charge is 2.38. The van der Waals surface area contributed by atoms with Crippen molar-refractivity contribution in [1.29, 1.82) is 5.26 Å². The van der Waals surface area contributed by atoms with Gasteiger partial charge in [0.05, 0.1) is 53.3 Å². The Balaban J connectivity index is 1.39. The first-order valence-electron chi connectivity index (χ1n) is 15.3. The Kier molecular flexibility index (Phi) is 10.4. The van der Waals surface area contributed by atoms with Gasteiger partial charge in [0.25, 0.3) is 11.8 Å². The summed E-state index contributed by atoms with van der Waals surface area (Å²) < 4.78 is 48.6. The summed E-state index contributed by atoms with van der Waals surface area (Å²) in [5.74, 6) is -1.47. The third-order valence-electron chi connectivity index (χ3n) is 8.41. The molecular formula is C31H37F3N10O3. The fraction of sp³-hybridized carbons (Fsp3) is 0.484. The van der Waals surface area contributed by atoms with Crippen molar-refractivity contribution in [3.05, 3.63) is 58.7 Å². The van der Waals surface area contributed by atoms with Crippen molar-refractivity contribution in [2.45, 2.75) is 32.5 Å². The van der Waals surface area contributed by atoms with E-state index in [1.807, 2.05) is 11.9 Å². The van der Waals surface area contributed by atoms with Crippen molar-refractivity contribution in [2.24, 2.45) is 0 Å². The molecule has 250 valence electrons. The molecule has 3 aromatic rings. The molecule has 2 amide bonds. The molecule has 5 rings (SSSR count). The number of likely N-dealkylation sites (N-methyl/N-ethyl adjacent to an activating group) is 1. The zero-order chi connectivity index (χ0) is 33.7. The number of anilines is 2. The number of hydrogen-bond acceptors (Lipinski definition) is 10. The summed E-state index contributed by atoms with van der Waals surface area (Å²) in [5, 5.41) is 23.0. The monoisotopic (exact) mass is 654 g/mol. The number of nitriles is 1. The lowest BCUT2D eigenvalue weighted by molar-refractivity contribution is -0.141. The third kappa shape index (κ3) is 8.05. The van der Waals surface area contributed by atoms with Gasteiger partial charge in [-0.15, -0.1) is 5.10 Å². The molecule has 2 aliphatic heterocycles. The van der Waals surface area contributed by atoms with Crippen LogP contribution in [-0.2, 0) is 10.9 Å². The molecule has 0 spiro atoms. The molecule has 0 aliphatic carbocycles. The maximum absolute atomic E-state index is 14.0. The number of rotatable bonds is 9. The Morgan fingerprint density at radius 1 is 1.13 bits per heavy atom. The first-order chi connectivity index (χ1) is 22.4. The fourth-order valence-electron chi connectivity index (χ4n) is 5.52. The Morgan fingerprint density at radius 2 is 1.89 bits per heavy atom. The van der Waals surface area contributed by atoms with Crippen LogP contribution in [0.25, 0.3) is 5.69 Å². The number of hydrogen-bond donors (Lipinski definition) is 2. The van der Waals surface area contributed by atoms with E-state index < -0.39 is 29.2 Å². The molecule has 0 bridgehead atoms. The van der Waals surface area contributed by atoms with Crippen molar-refractivity contribution in [1.82, 2.24) is 35.1 Å². The maximum Gasteiger partial charge on any atom is 0.434 e. The molecule has 1 aromatic carbocycles. The van der Waals surface area contributed by atoms with Gasteiger partial charge in [0, 0.05) is 45.3 Å². The molecule has 2 aliphatic rings. The Hall–Kier alpha value is -4.59. The zero-order valence-electron chi connectivity index (χ0n) is 26.5. The number of aromatic nitrogens is 4. The van der Waals surface area contributed by atoms with Gasteiger partial charge in [-0.25, -0.2) is 9.67 Å². The second-order valence-electron chi connectivity index (χ2n) is 11.7.